The van der Waals surface area contributed by atoms with Crippen molar-refractivity contribution in [3.8, 4) is 0 Å². The first-order valence-electron chi connectivity index (χ1n) is 4.18. The average Bonchev–Trinajstić information content (AvgIpc) is 2.22. The molecule has 0 aliphatic rings. The topological polar surface area (TPSA) is 50.2 Å². The largest absolute Gasteiger partial charge is 0.477 e. The minimum atomic E-state index is -1.17. The van der Waals surface area contributed by atoms with Crippen molar-refractivity contribution in [2.24, 2.45) is 0 Å². The highest BCUT2D eigenvalue weighted by Crippen LogP contribution is 2.33. The maximum absolute atomic E-state index is 10.8. The van der Waals surface area contributed by atoms with Gasteiger partial charge in [-0.3, -0.25) is 0 Å². The lowest BCUT2D eigenvalue weighted by atomic mass is 10.2. The molecule has 0 unspecified atom stereocenters. The third-order valence-electron chi connectivity index (χ3n) is 2.03. The van der Waals surface area contributed by atoms with Gasteiger partial charge in [-0.15, -0.1) is 0 Å². The van der Waals surface area contributed by atoms with E-state index in [1.807, 2.05) is 0 Å². The Morgan fingerprint density at radius 1 is 1.12 bits per heavy atom. The van der Waals surface area contributed by atoms with Crippen molar-refractivity contribution in [2.45, 2.75) is 0 Å². The van der Waals surface area contributed by atoms with Crippen LogP contribution in [0, 0.1) is 0 Å². The van der Waals surface area contributed by atoms with Crippen LogP contribution in [0.2, 0.25) is 15.1 Å². The molecule has 0 spiro atoms. The lowest BCUT2D eigenvalue weighted by Crippen LogP contribution is -2.00. The molecule has 2 aromatic rings. The van der Waals surface area contributed by atoms with Gasteiger partial charge in [0.15, 0.2) is 0 Å². The van der Waals surface area contributed by atoms with Gasteiger partial charge in [-0.2, -0.15) is 0 Å². The van der Waals surface area contributed by atoms with Gasteiger partial charge in [0.1, 0.15) is 5.69 Å². The van der Waals surface area contributed by atoms with Crippen LogP contribution in [-0.4, -0.2) is 16.1 Å². The molecule has 0 radical (unpaired) electrons. The minimum absolute atomic E-state index is 0.165. The number of pyridine rings is 1. The number of aromatic carboxylic acids is 1. The Bertz CT molecular complexity index is 598. The zero-order valence-corrected chi connectivity index (χ0v) is 9.94. The monoisotopic (exact) mass is 275 g/mol. The fourth-order valence-corrected chi connectivity index (χ4v) is 2.13. The van der Waals surface area contributed by atoms with Gasteiger partial charge in [-0.1, -0.05) is 34.8 Å². The number of rotatable bonds is 1. The van der Waals surface area contributed by atoms with E-state index >= 15 is 0 Å². The first-order valence-corrected chi connectivity index (χ1v) is 5.31. The summed E-state index contributed by atoms with van der Waals surface area (Å²) in [5.41, 5.74) is 0.126. The van der Waals surface area contributed by atoms with E-state index in [-0.39, 0.29) is 10.7 Å². The zero-order chi connectivity index (χ0) is 11.9. The Labute approximate surface area is 106 Å². The summed E-state index contributed by atoms with van der Waals surface area (Å²) in [5.74, 6) is -1.17. The van der Waals surface area contributed by atoms with Gasteiger partial charge in [0.2, 0.25) is 0 Å². The summed E-state index contributed by atoms with van der Waals surface area (Å²) >= 11 is 17.8. The van der Waals surface area contributed by atoms with Crippen LogP contribution in [0.25, 0.3) is 10.9 Å². The van der Waals surface area contributed by atoms with E-state index < -0.39 is 5.97 Å². The summed E-state index contributed by atoms with van der Waals surface area (Å²) in [6.07, 6.45) is 0. The Balaban J connectivity index is 2.92. The molecule has 0 fully saturated rings. The molecule has 0 saturated carbocycles. The van der Waals surface area contributed by atoms with Crippen molar-refractivity contribution in [1.82, 2.24) is 4.98 Å². The second-order valence-electron chi connectivity index (χ2n) is 3.05. The number of fused-ring (bicyclic) bond motifs is 1. The third kappa shape index (κ3) is 1.82. The first-order chi connectivity index (χ1) is 7.50. The summed E-state index contributed by atoms with van der Waals surface area (Å²) < 4.78 is 0. The highest BCUT2D eigenvalue weighted by molar-refractivity contribution is 6.44. The number of halogens is 3. The molecule has 0 saturated heterocycles. The van der Waals surface area contributed by atoms with Gasteiger partial charge >= 0.3 is 5.97 Å². The van der Waals surface area contributed by atoms with Crippen LogP contribution < -0.4 is 0 Å². The Morgan fingerprint density at radius 2 is 1.75 bits per heavy atom. The molecule has 0 atom stereocenters. The second kappa shape index (κ2) is 4.09. The van der Waals surface area contributed by atoms with Crippen LogP contribution >= 0.6 is 34.8 Å². The molecular weight excluding hydrogens is 272 g/mol. The second-order valence-corrected chi connectivity index (χ2v) is 4.27. The van der Waals surface area contributed by atoms with Gasteiger partial charge in [0.05, 0.1) is 20.6 Å². The van der Waals surface area contributed by atoms with Crippen molar-refractivity contribution < 1.29 is 9.90 Å². The van der Waals surface area contributed by atoms with Crippen molar-refractivity contribution >= 4 is 51.7 Å². The van der Waals surface area contributed by atoms with Crippen molar-refractivity contribution in [1.29, 1.82) is 0 Å². The summed E-state index contributed by atoms with van der Waals surface area (Å²) in [7, 11) is 0. The van der Waals surface area contributed by atoms with Crippen molar-refractivity contribution in [3.05, 3.63) is 39.0 Å². The van der Waals surface area contributed by atoms with Crippen molar-refractivity contribution in [2.75, 3.05) is 0 Å². The van der Waals surface area contributed by atoms with E-state index in [2.05, 4.69) is 4.98 Å². The molecule has 0 aliphatic heterocycles. The number of hydrogen-bond acceptors (Lipinski definition) is 2. The van der Waals surface area contributed by atoms with E-state index in [9.17, 15) is 4.79 Å². The number of nitrogens with zero attached hydrogens (tertiary/aromatic N) is 1. The van der Waals surface area contributed by atoms with Gasteiger partial charge < -0.3 is 5.11 Å². The van der Waals surface area contributed by atoms with E-state index in [0.717, 1.165) is 0 Å². The Morgan fingerprint density at radius 3 is 2.38 bits per heavy atom. The van der Waals surface area contributed by atoms with Crippen LogP contribution in [-0.2, 0) is 0 Å². The third-order valence-corrected chi connectivity index (χ3v) is 2.95. The molecule has 1 N–H and O–H groups in total. The van der Waals surface area contributed by atoms with E-state index in [4.69, 9.17) is 39.9 Å². The molecule has 82 valence electrons. The molecule has 0 bridgehead atoms. The molecule has 0 amide bonds. The van der Waals surface area contributed by atoms with E-state index in [1.54, 1.807) is 12.1 Å². The SMILES string of the molecule is O=C(O)c1cc(Cl)c2c(Cl)ccc(Cl)c2n1. The molecule has 1 heterocycles. The number of carbonyl (C=O) groups is 1. The van der Waals surface area contributed by atoms with Gasteiger partial charge in [0.25, 0.3) is 0 Å². The summed E-state index contributed by atoms with van der Waals surface area (Å²) in [5, 5.41) is 10.2. The lowest BCUT2D eigenvalue weighted by Gasteiger charge is -2.05. The summed E-state index contributed by atoms with van der Waals surface area (Å²) in [6.45, 7) is 0. The van der Waals surface area contributed by atoms with Crippen LogP contribution in [0.1, 0.15) is 10.5 Å². The predicted molar refractivity (Wildman–Crippen MR) is 63.7 cm³/mol. The van der Waals surface area contributed by atoms with E-state index in [1.165, 1.54) is 6.07 Å². The zero-order valence-electron chi connectivity index (χ0n) is 7.67. The number of hydrogen-bond donors (Lipinski definition) is 1. The normalized spacial score (nSPS) is 10.7. The van der Waals surface area contributed by atoms with Gasteiger partial charge in [0, 0.05) is 5.39 Å². The minimum Gasteiger partial charge on any atom is -0.477 e. The van der Waals surface area contributed by atoms with E-state index in [0.29, 0.717) is 20.9 Å². The maximum Gasteiger partial charge on any atom is 0.354 e. The van der Waals surface area contributed by atoms with Crippen LogP contribution in [0.3, 0.4) is 0 Å². The number of benzene rings is 1. The van der Waals surface area contributed by atoms with Crippen LogP contribution in [0.5, 0.6) is 0 Å². The first kappa shape index (κ1) is 11.5. The van der Waals surface area contributed by atoms with Gasteiger partial charge in [-0.25, -0.2) is 9.78 Å². The van der Waals surface area contributed by atoms with Crippen LogP contribution in [0.4, 0.5) is 0 Å². The lowest BCUT2D eigenvalue weighted by molar-refractivity contribution is 0.0691. The number of aromatic nitrogens is 1. The van der Waals surface area contributed by atoms with Crippen LogP contribution in [0.15, 0.2) is 18.2 Å². The fourth-order valence-electron chi connectivity index (χ4n) is 1.33. The standard InChI is InChI=1S/C10H4Cl3NO2/c11-4-1-2-5(12)9-8(4)6(13)3-7(14-9)10(15)16/h1-3H,(H,15,16). The molecule has 6 heteroatoms. The molecule has 0 aliphatic carbocycles. The molecular formula is C10H4Cl3NO2. The average molecular weight is 277 g/mol. The summed E-state index contributed by atoms with van der Waals surface area (Å²) in [4.78, 5) is 14.7. The highest BCUT2D eigenvalue weighted by Gasteiger charge is 2.14. The number of carboxylic acid groups (broad SMARTS) is 1. The number of carboxylic acids is 1. The summed E-state index contributed by atoms with van der Waals surface area (Å²) in [6, 6.07) is 4.37. The highest BCUT2D eigenvalue weighted by atomic mass is 35.5. The fraction of sp³-hybridized carbons (Fsp3) is 0. The maximum atomic E-state index is 10.8. The molecule has 1 aromatic carbocycles. The quantitative estimate of drug-likeness (QED) is 0.859. The van der Waals surface area contributed by atoms with Crippen molar-refractivity contribution in [3.63, 3.8) is 0 Å². The predicted octanol–water partition coefficient (Wildman–Crippen LogP) is 3.89. The van der Waals surface area contributed by atoms with Gasteiger partial charge in [-0.05, 0) is 18.2 Å². The molecule has 3 nitrogen and oxygen atoms in total. The molecule has 16 heavy (non-hydrogen) atoms. The smallest absolute Gasteiger partial charge is 0.354 e. The molecule has 2 rings (SSSR count). The Hall–Kier alpha value is -1.03. The molecule has 1 aromatic heterocycles. The Kier molecular flexibility index (Phi) is 2.93.